The number of anilines is 1. The molecule has 0 unspecified atom stereocenters. The predicted molar refractivity (Wildman–Crippen MR) is 97.6 cm³/mol. The van der Waals surface area contributed by atoms with E-state index in [9.17, 15) is 18.0 Å². The standard InChI is InChI=1S/C18H13F3N4O2S/c19-18(20,21)27-14-6-4-13(5-7-14)24-10-23-17-25(11-24)16(26)15(28-17)9-12-3-1-2-8-22-12/h1-9H,10-11H2/b15-9-. The third-order valence-electron chi connectivity index (χ3n) is 3.98. The van der Waals surface area contributed by atoms with Crippen LogP contribution in [0.25, 0.3) is 6.08 Å². The van der Waals surface area contributed by atoms with Gasteiger partial charge in [-0.25, -0.2) is 4.99 Å². The van der Waals surface area contributed by atoms with Gasteiger partial charge in [-0.1, -0.05) is 17.4 Å². The highest BCUT2D eigenvalue weighted by atomic mass is 32.1. The zero-order chi connectivity index (χ0) is 19.7. The first-order valence-corrected chi connectivity index (χ1v) is 8.98. The molecule has 6 nitrogen and oxygen atoms in total. The summed E-state index contributed by atoms with van der Waals surface area (Å²) in [6.07, 6.45) is -1.38. The van der Waals surface area contributed by atoms with Gasteiger partial charge in [0.05, 0.1) is 10.2 Å². The Bertz CT molecular complexity index is 1150. The number of alkyl halides is 3. The molecule has 0 fully saturated rings. The van der Waals surface area contributed by atoms with Gasteiger partial charge in [-0.3, -0.25) is 14.3 Å². The van der Waals surface area contributed by atoms with Crippen LogP contribution in [0.5, 0.6) is 5.75 Å². The number of hydrogen-bond donors (Lipinski definition) is 0. The van der Waals surface area contributed by atoms with Crippen LogP contribution >= 0.6 is 11.3 Å². The van der Waals surface area contributed by atoms with Crippen LogP contribution in [-0.2, 0) is 6.67 Å². The number of rotatable bonds is 3. The van der Waals surface area contributed by atoms with Crippen LogP contribution in [0.3, 0.4) is 0 Å². The third-order valence-corrected chi connectivity index (χ3v) is 5.02. The highest BCUT2D eigenvalue weighted by Gasteiger charge is 2.31. The molecule has 28 heavy (non-hydrogen) atoms. The SMILES string of the molecule is O=c1/c(=C/c2ccccn2)sc2n1CN(c1ccc(OC(F)(F)F)cc1)CN=2. The van der Waals surface area contributed by atoms with Crippen molar-refractivity contribution in [2.45, 2.75) is 13.0 Å². The van der Waals surface area contributed by atoms with E-state index in [1.165, 1.54) is 40.2 Å². The molecule has 1 aliphatic rings. The smallest absolute Gasteiger partial charge is 0.406 e. The monoisotopic (exact) mass is 406 g/mol. The van der Waals surface area contributed by atoms with Crippen LogP contribution in [0, 0.1) is 0 Å². The molecule has 144 valence electrons. The number of ether oxygens (including phenoxy) is 1. The van der Waals surface area contributed by atoms with Crippen LogP contribution in [0.1, 0.15) is 5.69 Å². The lowest BCUT2D eigenvalue weighted by atomic mass is 10.3. The number of aromatic nitrogens is 2. The first-order chi connectivity index (χ1) is 13.4. The molecule has 0 saturated carbocycles. The molecule has 0 bridgehead atoms. The molecule has 10 heteroatoms. The Morgan fingerprint density at radius 2 is 1.93 bits per heavy atom. The fraction of sp³-hybridized carbons (Fsp3) is 0.167. The largest absolute Gasteiger partial charge is 0.573 e. The minimum absolute atomic E-state index is 0.184. The Labute approximate surface area is 160 Å². The second kappa shape index (κ2) is 7.12. The lowest BCUT2D eigenvalue weighted by Gasteiger charge is -2.25. The van der Waals surface area contributed by atoms with E-state index in [4.69, 9.17) is 0 Å². The van der Waals surface area contributed by atoms with Gasteiger partial charge in [-0.15, -0.1) is 13.2 Å². The van der Waals surface area contributed by atoms with E-state index < -0.39 is 6.36 Å². The maximum Gasteiger partial charge on any atom is 0.573 e. The Balaban J connectivity index is 1.59. The van der Waals surface area contributed by atoms with E-state index in [0.717, 1.165) is 0 Å². The van der Waals surface area contributed by atoms with Crippen LogP contribution < -0.4 is 24.5 Å². The molecular formula is C18H13F3N4O2S. The summed E-state index contributed by atoms with van der Waals surface area (Å²) >= 11 is 1.28. The summed E-state index contributed by atoms with van der Waals surface area (Å²) in [6, 6.07) is 10.9. The van der Waals surface area contributed by atoms with Gasteiger partial charge in [-0.05, 0) is 42.5 Å². The van der Waals surface area contributed by atoms with E-state index in [-0.39, 0.29) is 18.0 Å². The van der Waals surface area contributed by atoms with Gasteiger partial charge in [0, 0.05) is 11.9 Å². The number of halogens is 3. The van der Waals surface area contributed by atoms with Crippen molar-refractivity contribution in [3.8, 4) is 5.75 Å². The summed E-state index contributed by atoms with van der Waals surface area (Å²) in [7, 11) is 0. The van der Waals surface area contributed by atoms with E-state index in [1.807, 2.05) is 6.07 Å². The first-order valence-electron chi connectivity index (χ1n) is 8.17. The fourth-order valence-electron chi connectivity index (χ4n) is 2.73. The number of benzene rings is 1. The van der Waals surface area contributed by atoms with Crippen LogP contribution in [0.15, 0.2) is 58.4 Å². The number of hydrogen-bond acceptors (Lipinski definition) is 6. The van der Waals surface area contributed by atoms with Crippen molar-refractivity contribution < 1.29 is 17.9 Å². The van der Waals surface area contributed by atoms with Crippen molar-refractivity contribution in [3.05, 3.63) is 74.0 Å². The van der Waals surface area contributed by atoms with Crippen molar-refractivity contribution >= 4 is 23.1 Å². The van der Waals surface area contributed by atoms with Crippen LogP contribution in [-0.4, -0.2) is 22.6 Å². The second-order valence-electron chi connectivity index (χ2n) is 5.90. The van der Waals surface area contributed by atoms with Crippen molar-refractivity contribution in [1.29, 1.82) is 0 Å². The molecule has 0 amide bonds. The average molecular weight is 406 g/mol. The topological polar surface area (TPSA) is 59.7 Å². The summed E-state index contributed by atoms with van der Waals surface area (Å²) in [4.78, 5) is 23.7. The Hall–Kier alpha value is -3.14. The van der Waals surface area contributed by atoms with Crippen LogP contribution in [0.4, 0.5) is 18.9 Å². The number of thiazole rings is 1. The summed E-state index contributed by atoms with van der Waals surface area (Å²) in [6.45, 7) is 0.548. The summed E-state index contributed by atoms with van der Waals surface area (Å²) < 4.78 is 42.7. The van der Waals surface area contributed by atoms with E-state index in [2.05, 4.69) is 14.7 Å². The molecule has 2 aromatic heterocycles. The number of fused-ring (bicyclic) bond motifs is 1. The van der Waals surface area contributed by atoms with Gasteiger partial charge in [-0.2, -0.15) is 0 Å². The Morgan fingerprint density at radius 1 is 1.14 bits per heavy atom. The highest BCUT2D eigenvalue weighted by Crippen LogP contribution is 2.25. The third kappa shape index (κ3) is 3.91. The lowest BCUT2D eigenvalue weighted by Crippen LogP contribution is -2.42. The minimum Gasteiger partial charge on any atom is -0.406 e. The number of nitrogens with zero attached hydrogens (tertiary/aromatic N) is 4. The van der Waals surface area contributed by atoms with Crippen molar-refractivity contribution in [1.82, 2.24) is 9.55 Å². The average Bonchev–Trinajstić information content (AvgIpc) is 2.97. The lowest BCUT2D eigenvalue weighted by molar-refractivity contribution is -0.274. The molecule has 0 atom stereocenters. The molecule has 0 N–H and O–H groups in total. The first kappa shape index (κ1) is 18.2. The second-order valence-corrected chi connectivity index (χ2v) is 6.91. The molecule has 0 spiro atoms. The summed E-state index contributed by atoms with van der Waals surface area (Å²) in [5, 5.41) is 0. The van der Waals surface area contributed by atoms with Gasteiger partial charge in [0.2, 0.25) is 0 Å². The molecule has 4 rings (SSSR count). The van der Waals surface area contributed by atoms with Gasteiger partial charge < -0.3 is 9.64 Å². The van der Waals surface area contributed by atoms with Gasteiger partial charge >= 0.3 is 6.36 Å². The fourth-order valence-corrected chi connectivity index (χ4v) is 3.68. The van der Waals surface area contributed by atoms with Gasteiger partial charge in [0.15, 0.2) is 4.80 Å². The van der Waals surface area contributed by atoms with E-state index >= 15 is 0 Å². The molecule has 0 aliphatic carbocycles. The Kier molecular flexibility index (Phi) is 4.63. The molecule has 1 aliphatic heterocycles. The zero-order valence-corrected chi connectivity index (χ0v) is 15.1. The molecule has 1 aromatic carbocycles. The molecule has 3 heterocycles. The minimum atomic E-state index is -4.73. The maximum absolute atomic E-state index is 12.7. The molecule has 0 saturated heterocycles. The van der Waals surface area contributed by atoms with E-state index in [0.29, 0.717) is 27.4 Å². The van der Waals surface area contributed by atoms with Crippen LogP contribution in [0.2, 0.25) is 0 Å². The molecular weight excluding hydrogens is 393 g/mol. The van der Waals surface area contributed by atoms with Crippen molar-refractivity contribution in [2.75, 3.05) is 11.6 Å². The predicted octanol–water partition coefficient (Wildman–Crippen LogP) is 2.09. The summed E-state index contributed by atoms with van der Waals surface area (Å²) in [5.41, 5.74) is 1.13. The molecule has 3 aromatic rings. The zero-order valence-electron chi connectivity index (χ0n) is 14.3. The molecule has 0 radical (unpaired) electrons. The number of pyridine rings is 1. The maximum atomic E-state index is 12.7. The van der Waals surface area contributed by atoms with Crippen molar-refractivity contribution in [2.24, 2.45) is 4.99 Å². The highest BCUT2D eigenvalue weighted by molar-refractivity contribution is 7.07. The van der Waals surface area contributed by atoms with Gasteiger partial charge in [0.1, 0.15) is 19.1 Å². The Morgan fingerprint density at radius 3 is 2.61 bits per heavy atom. The van der Waals surface area contributed by atoms with Crippen molar-refractivity contribution in [3.63, 3.8) is 0 Å². The summed E-state index contributed by atoms with van der Waals surface area (Å²) in [5.74, 6) is -0.300. The normalized spacial score (nSPS) is 14.5. The quantitative estimate of drug-likeness (QED) is 0.669. The van der Waals surface area contributed by atoms with Gasteiger partial charge in [0.25, 0.3) is 5.56 Å². The van der Waals surface area contributed by atoms with E-state index in [1.54, 1.807) is 29.3 Å².